The van der Waals surface area contributed by atoms with Gasteiger partial charge in [0.25, 0.3) is 5.91 Å². The minimum atomic E-state index is -0.691. The quantitative estimate of drug-likeness (QED) is 0.434. The van der Waals surface area contributed by atoms with E-state index in [2.05, 4.69) is 10.6 Å². The summed E-state index contributed by atoms with van der Waals surface area (Å²) in [4.78, 5) is 32.7. The molecule has 0 spiro atoms. The second kappa shape index (κ2) is 7.06. The molecule has 0 fully saturated rings. The predicted octanol–water partition coefficient (Wildman–Crippen LogP) is -0.394. The molecule has 14 heavy (non-hydrogen) atoms. The van der Waals surface area contributed by atoms with Gasteiger partial charge >= 0.3 is 0 Å². The van der Waals surface area contributed by atoms with Crippen LogP contribution in [0.25, 0.3) is 0 Å². The number of likely N-dealkylation sites (N-methyl/N-ethyl adjacent to an activating group) is 1. The third-order valence-corrected chi connectivity index (χ3v) is 1.72. The average molecular weight is 200 g/mol. The lowest BCUT2D eigenvalue weighted by Crippen LogP contribution is -2.44. The highest BCUT2D eigenvalue weighted by atomic mass is 16.2. The third-order valence-electron chi connectivity index (χ3n) is 1.72. The normalized spacial score (nSPS) is 11.6. The lowest BCUT2D eigenvalue weighted by Gasteiger charge is -2.12. The van der Waals surface area contributed by atoms with E-state index in [1.807, 2.05) is 6.92 Å². The van der Waals surface area contributed by atoms with E-state index in [-0.39, 0.29) is 0 Å². The summed E-state index contributed by atoms with van der Waals surface area (Å²) in [6.45, 7) is 4.02. The SMILES string of the molecule is CCC[C@H](NC=O)C(=O)C(=O)NCC. The number of carbonyl (C=O) groups is 3. The fourth-order valence-corrected chi connectivity index (χ4v) is 1.07. The predicted molar refractivity (Wildman–Crippen MR) is 51.6 cm³/mol. The highest BCUT2D eigenvalue weighted by molar-refractivity contribution is 6.38. The molecular formula is C9H16N2O3. The van der Waals surface area contributed by atoms with Crippen molar-refractivity contribution in [2.45, 2.75) is 32.7 Å². The molecule has 0 aliphatic rings. The Kier molecular flexibility index (Phi) is 6.36. The molecule has 0 aromatic heterocycles. The first kappa shape index (κ1) is 12.6. The minimum absolute atomic E-state index is 0.407. The summed E-state index contributed by atoms with van der Waals surface area (Å²) < 4.78 is 0. The van der Waals surface area contributed by atoms with Gasteiger partial charge in [-0.25, -0.2) is 0 Å². The number of rotatable bonds is 7. The van der Waals surface area contributed by atoms with Gasteiger partial charge in [-0.15, -0.1) is 0 Å². The Labute approximate surface area is 83.2 Å². The molecule has 80 valence electrons. The number of ketones is 1. The molecule has 5 nitrogen and oxygen atoms in total. The maximum absolute atomic E-state index is 11.4. The van der Waals surface area contributed by atoms with E-state index in [9.17, 15) is 14.4 Å². The lowest BCUT2D eigenvalue weighted by molar-refractivity contribution is -0.139. The standard InChI is InChI=1S/C9H16N2O3/c1-3-5-7(11-6-12)8(13)9(14)10-4-2/h6-7H,3-5H2,1-2H3,(H,10,14)(H,11,12)/t7-/m0/s1. The topological polar surface area (TPSA) is 75.3 Å². The van der Waals surface area contributed by atoms with Crippen molar-refractivity contribution >= 4 is 18.1 Å². The number of hydrogen-bond donors (Lipinski definition) is 2. The summed E-state index contributed by atoms with van der Waals surface area (Å²) in [6.07, 6.45) is 1.66. The molecule has 2 amide bonds. The van der Waals surface area contributed by atoms with Gasteiger partial charge in [-0.3, -0.25) is 14.4 Å². The van der Waals surface area contributed by atoms with Crippen LogP contribution in [0, 0.1) is 0 Å². The third kappa shape index (κ3) is 4.02. The van der Waals surface area contributed by atoms with Crippen molar-refractivity contribution in [3.05, 3.63) is 0 Å². The van der Waals surface area contributed by atoms with Gasteiger partial charge < -0.3 is 10.6 Å². The number of carbonyl (C=O) groups excluding carboxylic acids is 3. The van der Waals surface area contributed by atoms with Crippen molar-refractivity contribution in [1.82, 2.24) is 10.6 Å². The first-order chi connectivity index (χ1) is 6.67. The van der Waals surface area contributed by atoms with Crippen LogP contribution in [-0.4, -0.2) is 30.7 Å². The summed E-state index contributed by atoms with van der Waals surface area (Å²) >= 11 is 0. The number of hydrogen-bond acceptors (Lipinski definition) is 3. The van der Waals surface area contributed by atoms with Crippen LogP contribution in [0.2, 0.25) is 0 Å². The molecule has 1 atom stereocenters. The lowest BCUT2D eigenvalue weighted by atomic mass is 10.1. The van der Waals surface area contributed by atoms with Gasteiger partial charge in [0.05, 0.1) is 6.04 Å². The summed E-state index contributed by atoms with van der Waals surface area (Å²) in [7, 11) is 0. The van der Waals surface area contributed by atoms with E-state index in [1.54, 1.807) is 6.92 Å². The fourth-order valence-electron chi connectivity index (χ4n) is 1.07. The maximum Gasteiger partial charge on any atom is 0.289 e. The molecule has 2 N–H and O–H groups in total. The molecule has 0 radical (unpaired) electrons. The molecule has 0 bridgehead atoms. The van der Waals surface area contributed by atoms with Gasteiger partial charge in [-0.1, -0.05) is 13.3 Å². The van der Waals surface area contributed by atoms with Gasteiger partial charge in [0.2, 0.25) is 12.2 Å². The first-order valence-corrected chi connectivity index (χ1v) is 4.69. The zero-order chi connectivity index (χ0) is 11.0. The van der Waals surface area contributed by atoms with Gasteiger partial charge in [0, 0.05) is 6.54 Å². The first-order valence-electron chi connectivity index (χ1n) is 4.69. The van der Waals surface area contributed by atoms with Crippen LogP contribution in [0.1, 0.15) is 26.7 Å². The van der Waals surface area contributed by atoms with E-state index in [4.69, 9.17) is 0 Å². The van der Waals surface area contributed by atoms with E-state index in [0.717, 1.165) is 6.42 Å². The van der Waals surface area contributed by atoms with E-state index in [1.165, 1.54) is 0 Å². The van der Waals surface area contributed by atoms with E-state index < -0.39 is 17.7 Å². The Hall–Kier alpha value is -1.39. The molecule has 0 heterocycles. The van der Waals surface area contributed by atoms with Crippen LogP contribution >= 0.6 is 0 Å². The molecule has 0 aliphatic heterocycles. The summed E-state index contributed by atoms with van der Waals surface area (Å²) in [5, 5.41) is 4.73. The van der Waals surface area contributed by atoms with Crippen molar-refractivity contribution in [2.24, 2.45) is 0 Å². The maximum atomic E-state index is 11.4. The second-order valence-electron chi connectivity index (χ2n) is 2.85. The van der Waals surface area contributed by atoms with Crippen LogP contribution < -0.4 is 10.6 Å². The Morgan fingerprint density at radius 2 is 2.00 bits per heavy atom. The van der Waals surface area contributed by atoms with Crippen LogP contribution in [0.3, 0.4) is 0 Å². The minimum Gasteiger partial charge on any atom is -0.350 e. The smallest absolute Gasteiger partial charge is 0.289 e. The van der Waals surface area contributed by atoms with Gasteiger partial charge in [0.1, 0.15) is 0 Å². The molecule has 0 aliphatic carbocycles. The van der Waals surface area contributed by atoms with E-state index >= 15 is 0 Å². The number of nitrogens with one attached hydrogen (secondary N) is 2. The Balaban J connectivity index is 4.26. The monoisotopic (exact) mass is 200 g/mol. The van der Waals surface area contributed by atoms with E-state index in [0.29, 0.717) is 19.4 Å². The van der Waals surface area contributed by atoms with Gasteiger partial charge in [0.15, 0.2) is 0 Å². The zero-order valence-electron chi connectivity index (χ0n) is 8.50. The summed E-state index contributed by atoms with van der Waals surface area (Å²) in [6, 6.07) is -0.691. The van der Waals surface area contributed by atoms with Crippen LogP contribution in [0.15, 0.2) is 0 Å². The summed E-state index contributed by atoms with van der Waals surface area (Å²) in [5.74, 6) is -1.22. The highest BCUT2D eigenvalue weighted by Gasteiger charge is 2.23. The fraction of sp³-hybridized carbons (Fsp3) is 0.667. The van der Waals surface area contributed by atoms with Crippen LogP contribution in [-0.2, 0) is 14.4 Å². The van der Waals surface area contributed by atoms with Crippen molar-refractivity contribution in [2.75, 3.05) is 6.54 Å². The Morgan fingerprint density at radius 3 is 2.43 bits per heavy atom. The largest absolute Gasteiger partial charge is 0.350 e. The molecule has 5 heteroatoms. The van der Waals surface area contributed by atoms with Crippen molar-refractivity contribution in [3.8, 4) is 0 Å². The molecule has 0 unspecified atom stereocenters. The number of amides is 2. The molecular weight excluding hydrogens is 184 g/mol. The average Bonchev–Trinajstić information content (AvgIpc) is 2.17. The van der Waals surface area contributed by atoms with Crippen molar-refractivity contribution in [1.29, 1.82) is 0 Å². The highest BCUT2D eigenvalue weighted by Crippen LogP contribution is 1.97. The van der Waals surface area contributed by atoms with Crippen LogP contribution in [0.5, 0.6) is 0 Å². The molecule has 0 saturated carbocycles. The molecule has 0 rings (SSSR count). The van der Waals surface area contributed by atoms with Gasteiger partial charge in [-0.05, 0) is 13.3 Å². The molecule has 0 saturated heterocycles. The Morgan fingerprint density at radius 1 is 1.36 bits per heavy atom. The zero-order valence-corrected chi connectivity index (χ0v) is 8.50. The molecule has 0 aromatic rings. The summed E-state index contributed by atoms with van der Waals surface area (Å²) in [5.41, 5.74) is 0. The number of Topliss-reactive ketones (excluding diaryl/α,β-unsaturated/α-hetero) is 1. The van der Waals surface area contributed by atoms with Gasteiger partial charge in [-0.2, -0.15) is 0 Å². The second-order valence-corrected chi connectivity index (χ2v) is 2.85. The Bertz CT molecular complexity index is 216. The van der Waals surface area contributed by atoms with Crippen LogP contribution in [0.4, 0.5) is 0 Å². The molecule has 0 aromatic carbocycles. The van der Waals surface area contributed by atoms with Crippen molar-refractivity contribution < 1.29 is 14.4 Å². The van der Waals surface area contributed by atoms with Crippen molar-refractivity contribution in [3.63, 3.8) is 0 Å².